The summed E-state index contributed by atoms with van der Waals surface area (Å²) >= 11 is 2.54. The number of hydrogen-bond donors (Lipinski definition) is 1. The van der Waals surface area contributed by atoms with Crippen LogP contribution in [0.1, 0.15) is 16.1 Å². The number of rotatable bonds is 3. The first-order valence-electron chi connectivity index (χ1n) is 4.32. The van der Waals surface area contributed by atoms with Crippen LogP contribution in [0.3, 0.4) is 0 Å². The number of ether oxygens (including phenoxy) is 1. The number of esters is 1. The van der Waals surface area contributed by atoms with E-state index in [1.54, 1.807) is 11.4 Å². The first-order valence-corrected chi connectivity index (χ1v) is 6.08. The van der Waals surface area contributed by atoms with Crippen molar-refractivity contribution in [1.29, 1.82) is 0 Å². The molecule has 1 aliphatic heterocycles. The van der Waals surface area contributed by atoms with Crippen LogP contribution in [-0.4, -0.2) is 28.9 Å². The van der Waals surface area contributed by atoms with Crippen LogP contribution in [0.4, 0.5) is 0 Å². The van der Waals surface area contributed by atoms with Crippen molar-refractivity contribution < 1.29 is 19.4 Å². The molecule has 15 heavy (non-hydrogen) atoms. The lowest BCUT2D eigenvalue weighted by Gasteiger charge is -2.01. The Hall–Kier alpha value is -1.01. The Morgan fingerprint density at radius 2 is 2.47 bits per heavy atom. The molecule has 80 valence electrons. The molecule has 0 radical (unpaired) electrons. The van der Waals surface area contributed by atoms with Gasteiger partial charge in [0, 0.05) is 16.7 Å². The summed E-state index contributed by atoms with van der Waals surface area (Å²) in [6.45, 7) is 0.465. The monoisotopic (exact) mass is 244 g/mol. The number of carbonyl (C=O) groups excluding carboxylic acids is 1. The van der Waals surface area contributed by atoms with Gasteiger partial charge in [0.1, 0.15) is 10.1 Å². The van der Waals surface area contributed by atoms with Gasteiger partial charge in [0.2, 0.25) is 0 Å². The lowest BCUT2D eigenvalue weighted by molar-refractivity contribution is -0.137. The Labute approximate surface area is 94.2 Å². The average molecular weight is 244 g/mol. The third-order valence-electron chi connectivity index (χ3n) is 1.95. The fraction of sp³-hybridized carbons (Fsp3) is 0.333. The minimum absolute atomic E-state index is 0.179. The maximum absolute atomic E-state index is 11.2. The summed E-state index contributed by atoms with van der Waals surface area (Å²) in [6, 6.07) is 1.59. The number of carboxylic acid groups (broad SMARTS) is 1. The summed E-state index contributed by atoms with van der Waals surface area (Å²) in [5, 5.41) is 10.3. The molecule has 0 aromatic carbocycles. The molecule has 0 saturated carbocycles. The van der Waals surface area contributed by atoms with Crippen molar-refractivity contribution in [2.45, 2.75) is 16.6 Å². The third-order valence-corrected chi connectivity index (χ3v) is 4.24. The summed E-state index contributed by atoms with van der Waals surface area (Å²) in [4.78, 5) is 22.9. The van der Waals surface area contributed by atoms with Crippen LogP contribution in [0.15, 0.2) is 16.3 Å². The molecule has 2 rings (SSSR count). The van der Waals surface area contributed by atoms with Crippen LogP contribution in [0.5, 0.6) is 0 Å². The molecule has 0 aliphatic carbocycles. The minimum Gasteiger partial charge on any atom is -0.477 e. The van der Waals surface area contributed by atoms with Gasteiger partial charge in [0.25, 0.3) is 0 Å². The highest BCUT2D eigenvalue weighted by molar-refractivity contribution is 8.00. The number of hydrogen-bond acceptors (Lipinski definition) is 5. The predicted octanol–water partition coefficient (Wildman–Crippen LogP) is 1.85. The second-order valence-electron chi connectivity index (χ2n) is 3.01. The van der Waals surface area contributed by atoms with Gasteiger partial charge in [0.05, 0.1) is 6.61 Å². The summed E-state index contributed by atoms with van der Waals surface area (Å²) in [7, 11) is 0. The fourth-order valence-electron chi connectivity index (χ4n) is 1.24. The van der Waals surface area contributed by atoms with E-state index in [1.165, 1.54) is 23.1 Å². The number of carboxylic acids is 1. The SMILES string of the molecule is O=C(O)c1cc(SC2CCOC2=O)cs1. The van der Waals surface area contributed by atoms with E-state index in [0.29, 0.717) is 17.9 Å². The number of thiophene rings is 1. The Morgan fingerprint density at radius 3 is 3.00 bits per heavy atom. The van der Waals surface area contributed by atoms with Crippen molar-refractivity contribution >= 4 is 35.0 Å². The predicted molar refractivity (Wildman–Crippen MR) is 56.5 cm³/mol. The van der Waals surface area contributed by atoms with E-state index in [2.05, 4.69) is 0 Å². The lowest BCUT2D eigenvalue weighted by Crippen LogP contribution is -2.08. The van der Waals surface area contributed by atoms with Crippen LogP contribution in [0.2, 0.25) is 0 Å². The molecule has 1 fully saturated rings. The van der Waals surface area contributed by atoms with Gasteiger partial charge in [-0.25, -0.2) is 4.79 Å². The van der Waals surface area contributed by atoms with Gasteiger partial charge in [0.15, 0.2) is 0 Å². The Kier molecular flexibility index (Phi) is 2.97. The van der Waals surface area contributed by atoms with E-state index in [9.17, 15) is 9.59 Å². The number of carbonyl (C=O) groups is 2. The van der Waals surface area contributed by atoms with Crippen molar-refractivity contribution in [2.24, 2.45) is 0 Å². The van der Waals surface area contributed by atoms with Gasteiger partial charge in [-0.2, -0.15) is 0 Å². The van der Waals surface area contributed by atoms with Crippen molar-refractivity contribution in [1.82, 2.24) is 0 Å². The second kappa shape index (κ2) is 4.24. The molecule has 1 saturated heterocycles. The zero-order chi connectivity index (χ0) is 10.8. The highest BCUT2D eigenvalue weighted by Gasteiger charge is 2.27. The molecule has 6 heteroatoms. The minimum atomic E-state index is -0.930. The van der Waals surface area contributed by atoms with Crippen molar-refractivity contribution in [3.05, 3.63) is 16.3 Å². The molecule has 0 amide bonds. The first kappa shape index (κ1) is 10.5. The van der Waals surface area contributed by atoms with Crippen LogP contribution in [0, 0.1) is 0 Å². The van der Waals surface area contributed by atoms with E-state index in [4.69, 9.17) is 9.84 Å². The van der Waals surface area contributed by atoms with Crippen LogP contribution in [0.25, 0.3) is 0 Å². The summed E-state index contributed by atoms with van der Waals surface area (Å²) in [6.07, 6.45) is 0.696. The first-order chi connectivity index (χ1) is 7.16. The van der Waals surface area contributed by atoms with Gasteiger partial charge in [-0.15, -0.1) is 23.1 Å². The molecular formula is C9H8O4S2. The van der Waals surface area contributed by atoms with E-state index in [0.717, 1.165) is 4.90 Å². The fourth-order valence-corrected chi connectivity index (χ4v) is 3.18. The molecule has 1 unspecified atom stereocenters. The average Bonchev–Trinajstić information content (AvgIpc) is 2.77. The second-order valence-corrected chi connectivity index (χ2v) is 5.20. The molecule has 1 atom stereocenters. The van der Waals surface area contributed by atoms with E-state index >= 15 is 0 Å². The number of cyclic esters (lactones) is 1. The smallest absolute Gasteiger partial charge is 0.345 e. The lowest BCUT2D eigenvalue weighted by atomic mass is 10.4. The molecule has 1 N–H and O–H groups in total. The Bertz CT molecular complexity index is 399. The van der Waals surface area contributed by atoms with Crippen LogP contribution >= 0.6 is 23.1 Å². The van der Waals surface area contributed by atoms with Gasteiger partial charge < -0.3 is 9.84 Å². The highest BCUT2D eigenvalue weighted by atomic mass is 32.2. The molecule has 0 bridgehead atoms. The standard InChI is InChI=1S/C9H8O4S2/c10-8(11)7-3-5(4-14-7)15-6-1-2-13-9(6)12/h3-4,6H,1-2H2,(H,10,11). The van der Waals surface area contributed by atoms with Gasteiger partial charge in [-0.1, -0.05) is 0 Å². The quantitative estimate of drug-likeness (QED) is 0.822. The summed E-state index contributed by atoms with van der Waals surface area (Å²) in [5.74, 6) is -1.14. The molecule has 2 heterocycles. The molecule has 1 aromatic heterocycles. The Balaban J connectivity index is 2.04. The maximum Gasteiger partial charge on any atom is 0.345 e. The van der Waals surface area contributed by atoms with Gasteiger partial charge in [-0.05, 0) is 6.07 Å². The van der Waals surface area contributed by atoms with E-state index < -0.39 is 5.97 Å². The summed E-state index contributed by atoms with van der Waals surface area (Å²) in [5.41, 5.74) is 0. The van der Waals surface area contributed by atoms with Gasteiger partial charge >= 0.3 is 11.9 Å². The van der Waals surface area contributed by atoms with Crippen molar-refractivity contribution in [3.63, 3.8) is 0 Å². The van der Waals surface area contributed by atoms with Crippen molar-refractivity contribution in [3.8, 4) is 0 Å². The number of aromatic carboxylic acids is 1. The third kappa shape index (κ3) is 2.32. The van der Waals surface area contributed by atoms with E-state index in [1.807, 2.05) is 0 Å². The highest BCUT2D eigenvalue weighted by Crippen LogP contribution is 2.32. The zero-order valence-corrected chi connectivity index (χ0v) is 9.27. The maximum atomic E-state index is 11.2. The molecule has 1 aromatic rings. The van der Waals surface area contributed by atoms with Crippen molar-refractivity contribution in [2.75, 3.05) is 6.61 Å². The number of thioether (sulfide) groups is 1. The van der Waals surface area contributed by atoms with E-state index in [-0.39, 0.29) is 11.2 Å². The zero-order valence-electron chi connectivity index (χ0n) is 7.63. The van der Waals surface area contributed by atoms with Gasteiger partial charge in [-0.3, -0.25) is 4.79 Å². The van der Waals surface area contributed by atoms with Crippen LogP contribution in [-0.2, 0) is 9.53 Å². The largest absolute Gasteiger partial charge is 0.477 e. The topological polar surface area (TPSA) is 63.6 Å². The molecular weight excluding hydrogens is 236 g/mol. The molecule has 4 nitrogen and oxygen atoms in total. The molecule has 0 spiro atoms. The molecule has 1 aliphatic rings. The van der Waals surface area contributed by atoms with Crippen LogP contribution < -0.4 is 0 Å². The normalized spacial score (nSPS) is 20.3. The summed E-state index contributed by atoms with van der Waals surface area (Å²) < 4.78 is 4.82. The Morgan fingerprint density at radius 1 is 1.67 bits per heavy atom.